The van der Waals surface area contributed by atoms with E-state index in [1.807, 2.05) is 41.8 Å². The van der Waals surface area contributed by atoms with Crippen LogP contribution in [0.2, 0.25) is 0 Å². The number of aromatic nitrogens is 3. The van der Waals surface area contributed by atoms with Gasteiger partial charge < -0.3 is 9.88 Å². The third kappa shape index (κ3) is 5.00. The maximum Gasteiger partial charge on any atom is 0.234 e. The summed E-state index contributed by atoms with van der Waals surface area (Å²) in [5.74, 6) is 0.989. The van der Waals surface area contributed by atoms with Gasteiger partial charge in [-0.15, -0.1) is 0 Å². The fraction of sp³-hybridized carbons (Fsp3) is 0.400. The van der Waals surface area contributed by atoms with Gasteiger partial charge in [0.2, 0.25) is 5.91 Å². The monoisotopic (exact) mass is 287 g/mol. The molecule has 0 fully saturated rings. The highest BCUT2D eigenvalue weighted by molar-refractivity contribution is 5.77. The van der Waals surface area contributed by atoms with E-state index in [-0.39, 0.29) is 5.91 Å². The van der Waals surface area contributed by atoms with Crippen LogP contribution in [0.15, 0.2) is 36.9 Å². The van der Waals surface area contributed by atoms with Gasteiger partial charge in [0.1, 0.15) is 5.82 Å². The van der Waals surface area contributed by atoms with E-state index in [2.05, 4.69) is 15.3 Å². The van der Waals surface area contributed by atoms with Crippen LogP contribution in [-0.2, 0) is 17.9 Å². The third-order valence-electron chi connectivity index (χ3n) is 3.21. The molecular weight excluding hydrogens is 266 g/mol. The Morgan fingerprint density at radius 2 is 2.10 bits per heavy atom. The predicted octanol–water partition coefficient (Wildman–Crippen LogP) is 0.835. The Hall–Kier alpha value is -2.21. The molecule has 0 aliphatic carbocycles. The molecule has 0 aliphatic heterocycles. The summed E-state index contributed by atoms with van der Waals surface area (Å²) in [5.41, 5.74) is 1.15. The number of rotatable bonds is 7. The number of pyridine rings is 1. The van der Waals surface area contributed by atoms with Gasteiger partial charge in [-0.2, -0.15) is 0 Å². The highest BCUT2D eigenvalue weighted by atomic mass is 16.2. The molecule has 6 heteroatoms. The average molecular weight is 287 g/mol. The first-order valence-electron chi connectivity index (χ1n) is 6.97. The van der Waals surface area contributed by atoms with E-state index in [9.17, 15) is 4.79 Å². The zero-order valence-corrected chi connectivity index (χ0v) is 12.5. The van der Waals surface area contributed by atoms with Crippen LogP contribution in [0, 0.1) is 6.92 Å². The second-order valence-electron chi connectivity index (χ2n) is 5.05. The number of carbonyl (C=O) groups excluding carboxylic acids is 1. The van der Waals surface area contributed by atoms with Crippen LogP contribution >= 0.6 is 0 Å². The second-order valence-corrected chi connectivity index (χ2v) is 5.05. The van der Waals surface area contributed by atoms with Crippen molar-refractivity contribution in [3.8, 4) is 0 Å². The van der Waals surface area contributed by atoms with Crippen molar-refractivity contribution in [3.63, 3.8) is 0 Å². The number of nitrogens with zero attached hydrogens (tertiary/aromatic N) is 4. The maximum absolute atomic E-state index is 11.9. The molecule has 0 radical (unpaired) electrons. The first-order valence-corrected chi connectivity index (χ1v) is 6.97. The van der Waals surface area contributed by atoms with Crippen LogP contribution in [0.1, 0.15) is 11.4 Å². The predicted molar refractivity (Wildman–Crippen MR) is 80.5 cm³/mol. The summed E-state index contributed by atoms with van der Waals surface area (Å²) >= 11 is 0. The maximum atomic E-state index is 11.9. The Morgan fingerprint density at radius 3 is 2.76 bits per heavy atom. The smallest absolute Gasteiger partial charge is 0.234 e. The Balaban J connectivity index is 1.68. The van der Waals surface area contributed by atoms with Crippen molar-refractivity contribution in [3.05, 3.63) is 48.3 Å². The fourth-order valence-electron chi connectivity index (χ4n) is 2.11. The lowest BCUT2D eigenvalue weighted by Crippen LogP contribution is -2.36. The van der Waals surface area contributed by atoms with E-state index in [0.29, 0.717) is 13.1 Å². The minimum Gasteiger partial charge on any atom is -0.353 e. The van der Waals surface area contributed by atoms with E-state index in [1.165, 1.54) is 0 Å². The van der Waals surface area contributed by atoms with Gasteiger partial charge in [-0.3, -0.25) is 14.7 Å². The molecule has 6 nitrogen and oxygen atoms in total. The normalized spacial score (nSPS) is 10.8. The van der Waals surface area contributed by atoms with E-state index in [1.54, 1.807) is 18.6 Å². The Kier molecular flexibility index (Phi) is 5.45. The number of amides is 1. The van der Waals surface area contributed by atoms with Gasteiger partial charge in [-0.05, 0) is 31.7 Å². The Bertz CT molecular complexity index is 566. The van der Waals surface area contributed by atoms with E-state index in [4.69, 9.17) is 0 Å². The molecule has 2 aromatic rings. The van der Waals surface area contributed by atoms with Crippen molar-refractivity contribution in [1.82, 2.24) is 24.8 Å². The Labute approximate surface area is 124 Å². The molecule has 0 saturated heterocycles. The minimum atomic E-state index is 0.0318. The molecule has 0 atom stereocenters. The molecule has 1 amide bonds. The second kappa shape index (κ2) is 7.54. The average Bonchev–Trinajstić information content (AvgIpc) is 2.85. The highest BCUT2D eigenvalue weighted by Crippen LogP contribution is 2.00. The third-order valence-corrected chi connectivity index (χ3v) is 3.21. The SMILES string of the molecule is Cc1nccn1CCNC(=O)CN(C)Cc1ccncc1. The van der Waals surface area contributed by atoms with Crippen LogP contribution in [0.3, 0.4) is 0 Å². The molecule has 2 heterocycles. The zero-order valence-electron chi connectivity index (χ0n) is 12.5. The summed E-state index contributed by atoms with van der Waals surface area (Å²) in [4.78, 5) is 22.0. The largest absolute Gasteiger partial charge is 0.353 e. The van der Waals surface area contributed by atoms with Gasteiger partial charge in [0.15, 0.2) is 0 Å². The number of imidazole rings is 1. The van der Waals surface area contributed by atoms with Crippen molar-refractivity contribution >= 4 is 5.91 Å². The molecule has 2 rings (SSSR count). The molecule has 0 aliphatic rings. The molecular formula is C15H21N5O. The van der Waals surface area contributed by atoms with E-state index >= 15 is 0 Å². The summed E-state index contributed by atoms with van der Waals surface area (Å²) in [6, 6.07) is 3.91. The van der Waals surface area contributed by atoms with E-state index < -0.39 is 0 Å². The first-order chi connectivity index (χ1) is 10.1. The van der Waals surface area contributed by atoms with Crippen molar-refractivity contribution < 1.29 is 4.79 Å². The number of hydrogen-bond donors (Lipinski definition) is 1. The molecule has 0 spiro atoms. The molecule has 1 N–H and O–H groups in total. The number of hydrogen-bond acceptors (Lipinski definition) is 4. The molecule has 0 saturated carbocycles. The summed E-state index contributed by atoms with van der Waals surface area (Å²) in [5, 5.41) is 2.92. The molecule has 112 valence electrons. The number of likely N-dealkylation sites (N-methyl/N-ethyl adjacent to an activating group) is 1. The van der Waals surface area contributed by atoms with Crippen LogP contribution in [-0.4, -0.2) is 45.5 Å². The molecule has 2 aromatic heterocycles. The fourth-order valence-corrected chi connectivity index (χ4v) is 2.11. The van der Waals surface area contributed by atoms with Gasteiger partial charge >= 0.3 is 0 Å². The number of nitrogens with one attached hydrogen (secondary N) is 1. The quantitative estimate of drug-likeness (QED) is 0.819. The highest BCUT2D eigenvalue weighted by Gasteiger charge is 2.07. The minimum absolute atomic E-state index is 0.0318. The van der Waals surface area contributed by atoms with Gasteiger partial charge in [0.05, 0.1) is 6.54 Å². The lowest BCUT2D eigenvalue weighted by molar-refractivity contribution is -0.122. The van der Waals surface area contributed by atoms with Crippen molar-refractivity contribution in [2.75, 3.05) is 20.1 Å². The van der Waals surface area contributed by atoms with Gasteiger partial charge in [0.25, 0.3) is 0 Å². The standard InChI is InChI=1S/C15H21N5O/c1-13-17-7-9-20(13)10-8-18-15(21)12-19(2)11-14-3-5-16-6-4-14/h3-7,9H,8,10-12H2,1-2H3,(H,18,21). The Morgan fingerprint density at radius 1 is 1.33 bits per heavy atom. The van der Waals surface area contributed by atoms with Crippen molar-refractivity contribution in [1.29, 1.82) is 0 Å². The molecule has 0 bridgehead atoms. The molecule has 0 unspecified atom stereocenters. The van der Waals surface area contributed by atoms with Crippen LogP contribution in [0.5, 0.6) is 0 Å². The van der Waals surface area contributed by atoms with Crippen molar-refractivity contribution in [2.45, 2.75) is 20.0 Å². The summed E-state index contributed by atoms with van der Waals surface area (Å²) < 4.78 is 2.01. The first kappa shape index (κ1) is 15.2. The molecule has 21 heavy (non-hydrogen) atoms. The summed E-state index contributed by atoms with van der Waals surface area (Å²) in [6.07, 6.45) is 7.20. The summed E-state index contributed by atoms with van der Waals surface area (Å²) in [6.45, 7) is 4.41. The zero-order chi connectivity index (χ0) is 15.1. The number of carbonyl (C=O) groups is 1. The van der Waals surface area contributed by atoms with E-state index in [0.717, 1.165) is 24.5 Å². The summed E-state index contributed by atoms with van der Waals surface area (Å²) in [7, 11) is 1.93. The lowest BCUT2D eigenvalue weighted by atomic mass is 10.2. The molecule has 0 aromatic carbocycles. The van der Waals surface area contributed by atoms with Gasteiger partial charge in [0, 0.05) is 44.4 Å². The van der Waals surface area contributed by atoms with Crippen molar-refractivity contribution in [2.24, 2.45) is 0 Å². The van der Waals surface area contributed by atoms with Crippen LogP contribution in [0.25, 0.3) is 0 Å². The van der Waals surface area contributed by atoms with Crippen LogP contribution < -0.4 is 5.32 Å². The number of aryl methyl sites for hydroxylation is 1. The van der Waals surface area contributed by atoms with Crippen LogP contribution in [0.4, 0.5) is 0 Å². The lowest BCUT2D eigenvalue weighted by Gasteiger charge is -2.16. The topological polar surface area (TPSA) is 63.1 Å². The van der Waals surface area contributed by atoms with Gasteiger partial charge in [-0.25, -0.2) is 4.98 Å². The van der Waals surface area contributed by atoms with Gasteiger partial charge in [-0.1, -0.05) is 0 Å².